The summed E-state index contributed by atoms with van der Waals surface area (Å²) in [6.45, 7) is 5.83. The molecule has 0 aliphatic rings. The molecule has 0 aromatic heterocycles. The Labute approximate surface area is 82.8 Å². The molecule has 0 atom stereocenters. The van der Waals surface area contributed by atoms with Gasteiger partial charge in [0.25, 0.3) is 0 Å². The fourth-order valence-corrected chi connectivity index (χ4v) is 2.63. The maximum atomic E-state index is 13.6. The molecule has 0 radical (unpaired) electrons. The van der Waals surface area contributed by atoms with E-state index >= 15 is 0 Å². The molecular formula is C10H12F2OSi. The zero-order valence-electron chi connectivity index (χ0n) is 8.40. The lowest BCUT2D eigenvalue weighted by Gasteiger charge is -2.18. The van der Waals surface area contributed by atoms with Gasteiger partial charge in [-0.3, -0.25) is 4.79 Å². The number of hydrogen-bond acceptors (Lipinski definition) is 1. The molecule has 1 nitrogen and oxygen atoms in total. The van der Waals surface area contributed by atoms with E-state index in [1.807, 2.05) is 19.6 Å². The summed E-state index contributed by atoms with van der Waals surface area (Å²) in [4.78, 5) is 10.5. The van der Waals surface area contributed by atoms with Gasteiger partial charge >= 0.3 is 0 Å². The van der Waals surface area contributed by atoms with Gasteiger partial charge in [0, 0.05) is 0 Å². The third-order valence-corrected chi connectivity index (χ3v) is 4.05. The van der Waals surface area contributed by atoms with Crippen LogP contribution in [0.25, 0.3) is 0 Å². The molecule has 1 aromatic rings. The van der Waals surface area contributed by atoms with Gasteiger partial charge in [-0.2, -0.15) is 0 Å². The molecule has 0 bridgehead atoms. The van der Waals surface area contributed by atoms with Gasteiger partial charge in [-0.05, 0) is 11.3 Å². The van der Waals surface area contributed by atoms with E-state index in [1.165, 1.54) is 6.07 Å². The molecule has 1 aromatic carbocycles. The van der Waals surface area contributed by atoms with Crippen LogP contribution in [0.15, 0.2) is 12.1 Å². The van der Waals surface area contributed by atoms with Gasteiger partial charge in [0.15, 0.2) is 6.29 Å². The Morgan fingerprint density at radius 1 is 1.21 bits per heavy atom. The fraction of sp³-hybridized carbons (Fsp3) is 0.300. The second kappa shape index (κ2) is 3.61. The molecular weight excluding hydrogens is 202 g/mol. The van der Waals surface area contributed by atoms with Gasteiger partial charge in [-0.25, -0.2) is 8.78 Å². The van der Waals surface area contributed by atoms with E-state index in [2.05, 4.69) is 0 Å². The lowest BCUT2D eigenvalue weighted by atomic mass is 10.2. The molecule has 0 amide bonds. The maximum Gasteiger partial charge on any atom is 0.155 e. The van der Waals surface area contributed by atoms with Crippen molar-refractivity contribution in [3.05, 3.63) is 29.3 Å². The second-order valence-electron chi connectivity index (χ2n) is 4.19. The largest absolute Gasteiger partial charge is 0.298 e. The van der Waals surface area contributed by atoms with Crippen molar-refractivity contribution in [3.63, 3.8) is 0 Å². The summed E-state index contributed by atoms with van der Waals surface area (Å²) in [6.07, 6.45) is 0.230. The van der Waals surface area contributed by atoms with Gasteiger partial charge in [0.05, 0.1) is 13.6 Å². The van der Waals surface area contributed by atoms with Gasteiger partial charge < -0.3 is 0 Å². The molecule has 0 aliphatic heterocycles. The highest BCUT2D eigenvalue weighted by atomic mass is 28.3. The molecule has 0 aliphatic carbocycles. The second-order valence-corrected chi connectivity index (χ2v) is 9.23. The highest BCUT2D eigenvalue weighted by molar-refractivity contribution is 6.88. The average Bonchev–Trinajstić information content (AvgIpc) is 2.02. The smallest absolute Gasteiger partial charge is 0.155 e. The first-order valence-corrected chi connectivity index (χ1v) is 7.81. The number of rotatable bonds is 2. The molecule has 4 heteroatoms. The zero-order chi connectivity index (χ0) is 10.9. The standard InChI is InChI=1S/C10H12F2OSi/c1-14(2,3)9-5-4-8(11)7(6-13)10(9)12/h4-6H,1-3H3. The Morgan fingerprint density at radius 2 is 1.79 bits per heavy atom. The number of halogens is 2. The van der Waals surface area contributed by atoms with Crippen molar-refractivity contribution in [1.29, 1.82) is 0 Å². The molecule has 14 heavy (non-hydrogen) atoms. The molecule has 1 rings (SSSR count). The van der Waals surface area contributed by atoms with Crippen LogP contribution in [0.1, 0.15) is 10.4 Å². The lowest BCUT2D eigenvalue weighted by molar-refractivity contribution is 0.111. The van der Waals surface area contributed by atoms with Gasteiger partial charge in [-0.1, -0.05) is 25.7 Å². The summed E-state index contributed by atoms with van der Waals surface area (Å²) in [7, 11) is -1.85. The number of benzene rings is 1. The highest BCUT2D eigenvalue weighted by Crippen LogP contribution is 2.12. The Balaban J connectivity index is 3.43. The van der Waals surface area contributed by atoms with Crippen LogP contribution in [0.2, 0.25) is 19.6 Å². The SMILES string of the molecule is C[Si](C)(C)c1ccc(F)c(C=O)c1F. The summed E-state index contributed by atoms with van der Waals surface area (Å²) in [5, 5.41) is 0.487. The normalized spacial score (nSPS) is 11.5. The summed E-state index contributed by atoms with van der Waals surface area (Å²) in [6, 6.07) is 2.59. The van der Waals surface area contributed by atoms with Crippen LogP contribution < -0.4 is 5.19 Å². The molecule has 0 spiro atoms. The van der Waals surface area contributed by atoms with Crippen molar-refractivity contribution in [2.24, 2.45) is 0 Å². The quantitative estimate of drug-likeness (QED) is 0.545. The molecule has 0 saturated heterocycles. The minimum atomic E-state index is -1.85. The van der Waals surface area contributed by atoms with Crippen LogP contribution in [-0.4, -0.2) is 14.4 Å². The topological polar surface area (TPSA) is 17.1 Å². The summed E-state index contributed by atoms with van der Waals surface area (Å²) >= 11 is 0. The first-order valence-electron chi connectivity index (χ1n) is 4.31. The molecule has 76 valence electrons. The predicted molar refractivity (Wildman–Crippen MR) is 54.7 cm³/mol. The van der Waals surface area contributed by atoms with Crippen molar-refractivity contribution in [2.75, 3.05) is 0 Å². The van der Waals surface area contributed by atoms with E-state index in [0.717, 1.165) is 6.07 Å². The van der Waals surface area contributed by atoms with E-state index in [9.17, 15) is 13.6 Å². The third-order valence-electron chi connectivity index (χ3n) is 2.05. The molecule has 0 N–H and O–H groups in total. The Hall–Kier alpha value is -1.03. The van der Waals surface area contributed by atoms with E-state index in [-0.39, 0.29) is 6.29 Å². The highest BCUT2D eigenvalue weighted by Gasteiger charge is 2.23. The van der Waals surface area contributed by atoms with Crippen molar-refractivity contribution in [2.45, 2.75) is 19.6 Å². The number of aldehydes is 1. The molecule has 0 fully saturated rings. The molecule has 0 heterocycles. The molecule has 0 saturated carbocycles. The first kappa shape index (κ1) is 11.0. The van der Waals surface area contributed by atoms with Crippen molar-refractivity contribution >= 4 is 19.5 Å². The number of carbonyl (C=O) groups is 1. The third kappa shape index (κ3) is 1.90. The maximum absolute atomic E-state index is 13.6. The van der Waals surface area contributed by atoms with Crippen LogP contribution in [0.3, 0.4) is 0 Å². The molecule has 0 unspecified atom stereocenters. The summed E-state index contributed by atoms with van der Waals surface area (Å²) in [5.41, 5.74) is -0.454. The monoisotopic (exact) mass is 214 g/mol. The van der Waals surface area contributed by atoms with E-state index in [4.69, 9.17) is 0 Å². The van der Waals surface area contributed by atoms with Crippen molar-refractivity contribution in [3.8, 4) is 0 Å². The van der Waals surface area contributed by atoms with Crippen LogP contribution in [0.4, 0.5) is 8.78 Å². The van der Waals surface area contributed by atoms with E-state index < -0.39 is 25.3 Å². The fourth-order valence-electron chi connectivity index (χ4n) is 1.26. The Morgan fingerprint density at radius 3 is 2.21 bits per heavy atom. The number of hydrogen-bond donors (Lipinski definition) is 0. The lowest BCUT2D eigenvalue weighted by Crippen LogP contribution is -2.40. The van der Waals surface area contributed by atoms with Gasteiger partial charge in [-0.15, -0.1) is 0 Å². The van der Waals surface area contributed by atoms with Gasteiger partial charge in [0.2, 0.25) is 0 Å². The van der Waals surface area contributed by atoms with Crippen LogP contribution in [-0.2, 0) is 0 Å². The Kier molecular flexibility index (Phi) is 2.85. The van der Waals surface area contributed by atoms with Crippen molar-refractivity contribution < 1.29 is 13.6 Å². The van der Waals surface area contributed by atoms with Crippen LogP contribution in [0, 0.1) is 11.6 Å². The van der Waals surface area contributed by atoms with Crippen LogP contribution in [0.5, 0.6) is 0 Å². The number of carbonyl (C=O) groups excluding carboxylic acids is 1. The average molecular weight is 214 g/mol. The minimum absolute atomic E-state index is 0.230. The first-order chi connectivity index (χ1) is 6.38. The zero-order valence-corrected chi connectivity index (χ0v) is 9.40. The van der Waals surface area contributed by atoms with Gasteiger partial charge in [0.1, 0.15) is 11.6 Å². The minimum Gasteiger partial charge on any atom is -0.298 e. The van der Waals surface area contributed by atoms with Crippen molar-refractivity contribution in [1.82, 2.24) is 0 Å². The Bertz CT molecular complexity index is 369. The predicted octanol–water partition coefficient (Wildman–Crippen LogP) is 2.32. The summed E-state index contributed by atoms with van der Waals surface area (Å²) < 4.78 is 26.6. The van der Waals surface area contributed by atoms with E-state index in [1.54, 1.807) is 0 Å². The van der Waals surface area contributed by atoms with Crippen LogP contribution >= 0.6 is 0 Å². The van der Waals surface area contributed by atoms with E-state index in [0.29, 0.717) is 5.19 Å². The summed E-state index contributed by atoms with van der Waals surface area (Å²) in [5.74, 6) is -1.49.